The second kappa shape index (κ2) is 5.99. The highest BCUT2D eigenvalue weighted by molar-refractivity contribution is 5.94. The van der Waals surface area contributed by atoms with Crippen molar-refractivity contribution in [3.8, 4) is 11.5 Å². The van der Waals surface area contributed by atoms with Crippen molar-refractivity contribution in [2.24, 2.45) is 5.92 Å². The highest BCUT2D eigenvalue weighted by Crippen LogP contribution is 2.25. The number of benzene rings is 1. The van der Waals surface area contributed by atoms with Gasteiger partial charge in [-0.3, -0.25) is 0 Å². The number of aromatic nitrogens is 2. The molecule has 0 fully saturated rings. The quantitative estimate of drug-likeness (QED) is 0.916. The van der Waals surface area contributed by atoms with Gasteiger partial charge >= 0.3 is 5.97 Å². The largest absolute Gasteiger partial charge is 0.478 e. The number of carboxylic acid groups (broad SMARTS) is 1. The van der Waals surface area contributed by atoms with Crippen LogP contribution in [-0.2, 0) is 6.42 Å². The second-order valence-electron chi connectivity index (χ2n) is 5.07. The Labute approximate surface area is 119 Å². The van der Waals surface area contributed by atoms with Crippen molar-refractivity contribution >= 4 is 5.97 Å². The molecule has 1 aromatic heterocycles. The third kappa shape index (κ3) is 3.42. The van der Waals surface area contributed by atoms with E-state index in [1.54, 1.807) is 0 Å². The van der Waals surface area contributed by atoms with Gasteiger partial charge in [-0.25, -0.2) is 13.6 Å². The highest BCUT2D eigenvalue weighted by Gasteiger charge is 2.21. The third-order valence-corrected chi connectivity index (χ3v) is 2.93. The summed E-state index contributed by atoms with van der Waals surface area (Å²) in [4.78, 5) is 15.1. The van der Waals surface area contributed by atoms with Crippen LogP contribution in [0.3, 0.4) is 0 Å². The Morgan fingerprint density at radius 2 is 2.00 bits per heavy atom. The van der Waals surface area contributed by atoms with Crippen LogP contribution in [0, 0.1) is 17.6 Å². The molecule has 0 aliphatic rings. The zero-order valence-electron chi connectivity index (χ0n) is 11.6. The zero-order valence-corrected chi connectivity index (χ0v) is 11.6. The van der Waals surface area contributed by atoms with Crippen molar-refractivity contribution in [2.75, 3.05) is 0 Å². The lowest BCUT2D eigenvalue weighted by atomic mass is 10.1. The van der Waals surface area contributed by atoms with Gasteiger partial charge in [-0.05, 0) is 24.5 Å². The van der Waals surface area contributed by atoms with E-state index in [-0.39, 0.29) is 11.5 Å². The van der Waals surface area contributed by atoms with Crippen LogP contribution in [0.15, 0.2) is 16.7 Å². The molecule has 2 rings (SSSR count). The highest BCUT2D eigenvalue weighted by atomic mass is 19.2. The number of rotatable bonds is 5. The normalized spacial score (nSPS) is 11.1. The Morgan fingerprint density at radius 1 is 1.33 bits per heavy atom. The molecule has 0 amide bonds. The smallest absolute Gasteiger partial charge is 0.336 e. The van der Waals surface area contributed by atoms with Crippen LogP contribution in [0.4, 0.5) is 8.78 Å². The molecule has 1 heterocycles. The number of hydrogen-bond donors (Lipinski definition) is 1. The Kier molecular flexibility index (Phi) is 4.30. The van der Waals surface area contributed by atoms with Gasteiger partial charge in [0.25, 0.3) is 5.89 Å². The van der Waals surface area contributed by atoms with Crippen molar-refractivity contribution in [3.63, 3.8) is 0 Å². The van der Waals surface area contributed by atoms with Crippen LogP contribution in [0.2, 0.25) is 0 Å². The van der Waals surface area contributed by atoms with Gasteiger partial charge in [-0.2, -0.15) is 4.98 Å². The first kappa shape index (κ1) is 15.1. The lowest BCUT2D eigenvalue weighted by Gasteiger charge is -2.02. The molecule has 0 spiro atoms. The van der Waals surface area contributed by atoms with E-state index >= 15 is 0 Å². The molecule has 21 heavy (non-hydrogen) atoms. The van der Waals surface area contributed by atoms with Gasteiger partial charge in [0.2, 0.25) is 0 Å². The first-order valence-electron chi connectivity index (χ1n) is 6.43. The molecule has 0 aliphatic carbocycles. The predicted molar refractivity (Wildman–Crippen MR) is 69.8 cm³/mol. The first-order valence-corrected chi connectivity index (χ1v) is 6.43. The van der Waals surface area contributed by atoms with Crippen LogP contribution < -0.4 is 0 Å². The van der Waals surface area contributed by atoms with Crippen LogP contribution in [0.25, 0.3) is 11.5 Å². The molecule has 2 aromatic rings. The zero-order chi connectivity index (χ0) is 15.6. The monoisotopic (exact) mass is 296 g/mol. The summed E-state index contributed by atoms with van der Waals surface area (Å²) in [6, 6.07) is 1.35. The molecular weight excluding hydrogens is 282 g/mol. The fraction of sp³-hybridized carbons (Fsp3) is 0.357. The van der Waals surface area contributed by atoms with Crippen molar-refractivity contribution in [1.82, 2.24) is 10.1 Å². The molecule has 0 aliphatic heterocycles. The van der Waals surface area contributed by atoms with Gasteiger partial charge in [0.05, 0.1) is 11.1 Å². The summed E-state index contributed by atoms with van der Waals surface area (Å²) in [6.07, 6.45) is 1.40. The maximum absolute atomic E-state index is 13.3. The van der Waals surface area contributed by atoms with Gasteiger partial charge < -0.3 is 9.63 Å². The van der Waals surface area contributed by atoms with E-state index in [0.29, 0.717) is 24.2 Å². The molecule has 1 N–H and O–H groups in total. The number of carboxylic acids is 1. The summed E-state index contributed by atoms with van der Waals surface area (Å²) in [5, 5.41) is 12.8. The molecule has 1 aromatic carbocycles. The van der Waals surface area contributed by atoms with Crippen molar-refractivity contribution in [2.45, 2.75) is 26.7 Å². The van der Waals surface area contributed by atoms with Crippen LogP contribution >= 0.6 is 0 Å². The fourth-order valence-electron chi connectivity index (χ4n) is 1.78. The second-order valence-corrected chi connectivity index (χ2v) is 5.07. The van der Waals surface area contributed by atoms with Crippen molar-refractivity contribution in [3.05, 3.63) is 35.2 Å². The minimum Gasteiger partial charge on any atom is -0.478 e. The molecule has 0 radical (unpaired) electrons. The molecule has 0 bridgehead atoms. The van der Waals surface area contributed by atoms with Crippen LogP contribution in [0.1, 0.15) is 36.5 Å². The lowest BCUT2D eigenvalue weighted by Crippen LogP contribution is -2.02. The SMILES string of the molecule is CC(C)CCc1noc(-c2cc(F)c(F)cc2C(=O)O)n1. The average molecular weight is 296 g/mol. The molecule has 0 atom stereocenters. The summed E-state index contributed by atoms with van der Waals surface area (Å²) in [5.41, 5.74) is -0.558. The Morgan fingerprint density at radius 3 is 2.62 bits per heavy atom. The van der Waals surface area contributed by atoms with E-state index in [1.165, 1.54) is 0 Å². The standard InChI is InChI=1S/C14H14F2N2O3/c1-7(2)3-4-12-17-13(21-18-12)8-5-10(15)11(16)6-9(8)14(19)20/h5-7H,3-4H2,1-2H3,(H,19,20). The van der Waals surface area contributed by atoms with Gasteiger partial charge in [-0.15, -0.1) is 0 Å². The fourth-order valence-corrected chi connectivity index (χ4v) is 1.78. The molecular formula is C14H14F2N2O3. The summed E-state index contributed by atoms with van der Waals surface area (Å²) >= 11 is 0. The summed E-state index contributed by atoms with van der Waals surface area (Å²) in [7, 11) is 0. The maximum atomic E-state index is 13.3. The van der Waals surface area contributed by atoms with E-state index in [1.807, 2.05) is 13.8 Å². The van der Waals surface area contributed by atoms with Crippen LogP contribution in [-0.4, -0.2) is 21.2 Å². The van der Waals surface area contributed by atoms with Crippen LogP contribution in [0.5, 0.6) is 0 Å². The number of carbonyl (C=O) groups is 1. The number of aromatic carboxylic acids is 1. The molecule has 112 valence electrons. The molecule has 5 nitrogen and oxygen atoms in total. The topological polar surface area (TPSA) is 76.2 Å². The Balaban J connectivity index is 2.37. The lowest BCUT2D eigenvalue weighted by molar-refractivity contribution is 0.0696. The number of aryl methyl sites for hydroxylation is 1. The predicted octanol–water partition coefficient (Wildman–Crippen LogP) is 3.30. The minimum atomic E-state index is -1.40. The number of halogens is 2. The van der Waals surface area contributed by atoms with Gasteiger partial charge in [0.1, 0.15) is 0 Å². The number of hydrogen-bond acceptors (Lipinski definition) is 4. The van der Waals surface area contributed by atoms with Crippen molar-refractivity contribution in [1.29, 1.82) is 0 Å². The van der Waals surface area contributed by atoms with E-state index in [2.05, 4.69) is 10.1 Å². The third-order valence-electron chi connectivity index (χ3n) is 2.93. The van der Waals surface area contributed by atoms with Gasteiger partial charge in [-0.1, -0.05) is 19.0 Å². The summed E-state index contributed by atoms with van der Waals surface area (Å²) < 4.78 is 31.4. The van der Waals surface area contributed by atoms with E-state index in [4.69, 9.17) is 9.63 Å². The Bertz CT molecular complexity index is 668. The summed E-state index contributed by atoms with van der Waals surface area (Å²) in [6.45, 7) is 4.08. The first-order chi connectivity index (χ1) is 9.88. The van der Waals surface area contributed by atoms with Crippen molar-refractivity contribution < 1.29 is 23.2 Å². The summed E-state index contributed by atoms with van der Waals surface area (Å²) in [5.74, 6) is -3.09. The van der Waals surface area contributed by atoms with E-state index in [9.17, 15) is 13.6 Å². The molecule has 0 saturated heterocycles. The van der Waals surface area contributed by atoms with Gasteiger partial charge in [0.15, 0.2) is 17.5 Å². The Hall–Kier alpha value is -2.31. The van der Waals surface area contributed by atoms with Gasteiger partial charge in [0, 0.05) is 6.42 Å². The average Bonchev–Trinajstić information content (AvgIpc) is 2.87. The molecule has 0 saturated carbocycles. The maximum Gasteiger partial charge on any atom is 0.336 e. The minimum absolute atomic E-state index is 0.134. The van der Waals surface area contributed by atoms with E-state index < -0.39 is 23.2 Å². The molecule has 7 heteroatoms. The number of nitrogens with zero attached hydrogens (tertiary/aromatic N) is 2. The van der Waals surface area contributed by atoms with E-state index in [0.717, 1.165) is 12.5 Å². The molecule has 0 unspecified atom stereocenters.